The van der Waals surface area contributed by atoms with E-state index < -0.39 is 0 Å². The second kappa shape index (κ2) is 13.0. The van der Waals surface area contributed by atoms with E-state index in [-0.39, 0.29) is 30.6 Å². The van der Waals surface area contributed by atoms with Gasteiger partial charge in [0.15, 0.2) is 6.61 Å². The van der Waals surface area contributed by atoms with Crippen LogP contribution >= 0.6 is 11.6 Å². The fourth-order valence-electron chi connectivity index (χ4n) is 5.18. The highest BCUT2D eigenvalue weighted by atomic mass is 35.5. The molecule has 2 aromatic rings. The van der Waals surface area contributed by atoms with E-state index in [0.29, 0.717) is 28.6 Å². The Labute approximate surface area is 219 Å². The van der Waals surface area contributed by atoms with Gasteiger partial charge in [-0.05, 0) is 68.5 Å². The lowest BCUT2D eigenvalue weighted by Crippen LogP contribution is -2.52. The number of fused-ring (bicyclic) bond motifs is 2. The van der Waals surface area contributed by atoms with Crippen molar-refractivity contribution in [1.82, 2.24) is 9.80 Å². The number of rotatable bonds is 3. The Kier molecular flexibility index (Phi) is 9.51. The lowest BCUT2D eigenvalue weighted by atomic mass is 9.90. The normalized spacial score (nSPS) is 21.9. The van der Waals surface area contributed by atoms with Gasteiger partial charge in [-0.15, -0.1) is 0 Å². The summed E-state index contributed by atoms with van der Waals surface area (Å²) in [6.07, 6.45) is 8.78. The van der Waals surface area contributed by atoms with E-state index in [2.05, 4.69) is 0 Å². The van der Waals surface area contributed by atoms with E-state index in [0.717, 1.165) is 64.3 Å². The second-order valence-electron chi connectivity index (χ2n) is 9.83. The summed E-state index contributed by atoms with van der Waals surface area (Å²) in [5.41, 5.74) is 0.586. The van der Waals surface area contributed by atoms with E-state index in [4.69, 9.17) is 21.1 Å². The number of ether oxygens (including phenoxy) is 2. The number of carbonyl (C=O) groups is 2. The largest absolute Gasteiger partial charge is 0.487 e. The van der Waals surface area contributed by atoms with E-state index in [1.54, 1.807) is 29.2 Å². The van der Waals surface area contributed by atoms with Crippen LogP contribution in [0.3, 0.4) is 0 Å². The second-order valence-corrected chi connectivity index (χ2v) is 10.3. The molecular weight excluding hydrogens is 476 g/mol. The summed E-state index contributed by atoms with van der Waals surface area (Å²) in [4.78, 5) is 30.5. The highest BCUT2D eigenvalue weighted by Crippen LogP contribution is 2.30. The van der Waals surface area contributed by atoms with Crippen molar-refractivity contribution in [3.8, 4) is 11.5 Å². The third-order valence-electron chi connectivity index (χ3n) is 7.20. The van der Waals surface area contributed by atoms with Crippen molar-refractivity contribution >= 4 is 23.4 Å². The predicted octanol–water partition coefficient (Wildman–Crippen LogP) is 5.97. The van der Waals surface area contributed by atoms with Gasteiger partial charge in [0.1, 0.15) is 17.6 Å². The molecule has 2 aromatic carbocycles. The van der Waals surface area contributed by atoms with Crippen LogP contribution in [0.4, 0.5) is 0 Å². The molecule has 0 aromatic heterocycles. The summed E-state index contributed by atoms with van der Waals surface area (Å²) in [5, 5.41) is 0.631. The molecule has 4 rings (SSSR count). The van der Waals surface area contributed by atoms with Crippen LogP contribution in [-0.2, 0) is 4.79 Å². The molecule has 6 nitrogen and oxygen atoms in total. The summed E-state index contributed by atoms with van der Waals surface area (Å²) in [6, 6.07) is 14.5. The molecular formula is C29H37ClN2O4. The van der Waals surface area contributed by atoms with Crippen LogP contribution in [0.2, 0.25) is 5.02 Å². The molecule has 0 spiro atoms. The van der Waals surface area contributed by atoms with Crippen LogP contribution < -0.4 is 9.47 Å². The van der Waals surface area contributed by atoms with Crippen molar-refractivity contribution in [3.63, 3.8) is 0 Å². The third-order valence-corrected chi connectivity index (χ3v) is 7.45. The van der Waals surface area contributed by atoms with Gasteiger partial charge in [-0.2, -0.15) is 0 Å². The van der Waals surface area contributed by atoms with Crippen molar-refractivity contribution in [2.75, 3.05) is 26.7 Å². The maximum absolute atomic E-state index is 13.5. The predicted molar refractivity (Wildman–Crippen MR) is 142 cm³/mol. The SMILES string of the molecule is CN1CCCCCCCN(C(=O)COc2ccc(Cl)cc2)[C@@H]2CCCC[C@@H]2Oc2ccccc2C1=O. The molecule has 2 atom stereocenters. The smallest absolute Gasteiger partial charge is 0.260 e. The molecule has 0 saturated heterocycles. The molecule has 0 bridgehead atoms. The monoisotopic (exact) mass is 512 g/mol. The average Bonchev–Trinajstić information content (AvgIpc) is 2.90. The zero-order valence-electron chi connectivity index (χ0n) is 21.2. The highest BCUT2D eigenvalue weighted by molar-refractivity contribution is 6.30. The Bertz CT molecular complexity index is 1010. The van der Waals surface area contributed by atoms with Crippen molar-refractivity contribution < 1.29 is 19.1 Å². The molecule has 194 valence electrons. The first kappa shape index (κ1) is 26.3. The minimum Gasteiger partial charge on any atom is -0.487 e. The van der Waals surface area contributed by atoms with Crippen LogP contribution in [0.15, 0.2) is 48.5 Å². The van der Waals surface area contributed by atoms with Crippen LogP contribution in [0.25, 0.3) is 0 Å². The minimum atomic E-state index is -0.164. The zero-order valence-corrected chi connectivity index (χ0v) is 21.9. The first-order chi connectivity index (χ1) is 17.5. The molecule has 1 heterocycles. The molecule has 2 amide bonds. The standard InChI is InChI=1S/C29H37ClN2O4/c1-31-19-9-3-2-4-10-20-32(28(33)21-35-23-17-15-22(30)16-18-23)25-12-6-8-14-27(25)36-26-13-7-5-11-24(26)29(31)34/h5,7,11,13,15-18,25,27H,2-4,6,8-10,12,14,19-21H2,1H3/t25-,27+/m1/s1. The van der Waals surface area contributed by atoms with Gasteiger partial charge in [-0.1, -0.05) is 49.4 Å². The van der Waals surface area contributed by atoms with Crippen molar-refractivity contribution in [1.29, 1.82) is 0 Å². The molecule has 1 fully saturated rings. The summed E-state index contributed by atoms with van der Waals surface area (Å²) in [5.74, 6) is 1.18. The molecule has 7 heteroatoms. The topological polar surface area (TPSA) is 59.1 Å². The first-order valence-corrected chi connectivity index (χ1v) is 13.6. The highest BCUT2D eigenvalue weighted by Gasteiger charge is 2.35. The maximum atomic E-state index is 13.5. The van der Waals surface area contributed by atoms with E-state index in [9.17, 15) is 9.59 Å². The summed E-state index contributed by atoms with van der Waals surface area (Å²) < 4.78 is 12.4. The summed E-state index contributed by atoms with van der Waals surface area (Å²) in [7, 11) is 1.86. The number of benzene rings is 2. The number of carbonyl (C=O) groups excluding carboxylic acids is 2. The summed E-state index contributed by atoms with van der Waals surface area (Å²) in [6.45, 7) is 1.39. The van der Waals surface area contributed by atoms with E-state index in [1.165, 1.54) is 0 Å². The van der Waals surface area contributed by atoms with E-state index in [1.807, 2.05) is 36.2 Å². The fourth-order valence-corrected chi connectivity index (χ4v) is 5.31. The number of halogens is 1. The van der Waals surface area contributed by atoms with Crippen molar-refractivity contribution in [2.45, 2.75) is 69.9 Å². The van der Waals surface area contributed by atoms with Gasteiger partial charge < -0.3 is 19.3 Å². The Balaban J connectivity index is 1.56. The molecule has 36 heavy (non-hydrogen) atoms. The Morgan fingerprint density at radius 2 is 1.64 bits per heavy atom. The molecule has 1 aliphatic heterocycles. The van der Waals surface area contributed by atoms with Gasteiger partial charge in [0.2, 0.25) is 0 Å². The van der Waals surface area contributed by atoms with Gasteiger partial charge in [0.05, 0.1) is 11.6 Å². The first-order valence-electron chi connectivity index (χ1n) is 13.2. The molecule has 1 saturated carbocycles. The van der Waals surface area contributed by atoms with Gasteiger partial charge in [0.25, 0.3) is 11.8 Å². The molecule has 0 radical (unpaired) electrons. The molecule has 2 aliphatic rings. The number of para-hydroxylation sites is 1. The Hall–Kier alpha value is -2.73. The van der Waals surface area contributed by atoms with Crippen LogP contribution in [0, 0.1) is 0 Å². The molecule has 1 aliphatic carbocycles. The third kappa shape index (κ3) is 6.94. The average molecular weight is 513 g/mol. The van der Waals surface area contributed by atoms with Crippen molar-refractivity contribution in [2.24, 2.45) is 0 Å². The number of hydrogen-bond donors (Lipinski definition) is 0. The van der Waals surface area contributed by atoms with Gasteiger partial charge in [-0.3, -0.25) is 9.59 Å². The number of nitrogens with zero attached hydrogens (tertiary/aromatic N) is 2. The Morgan fingerprint density at radius 1 is 0.944 bits per heavy atom. The lowest BCUT2D eigenvalue weighted by molar-refractivity contribution is -0.139. The van der Waals surface area contributed by atoms with Crippen molar-refractivity contribution in [3.05, 3.63) is 59.1 Å². The number of hydrogen-bond acceptors (Lipinski definition) is 4. The van der Waals surface area contributed by atoms with Gasteiger partial charge >= 0.3 is 0 Å². The molecule has 0 N–H and O–H groups in total. The quantitative estimate of drug-likeness (QED) is 0.508. The zero-order chi connectivity index (χ0) is 25.3. The fraction of sp³-hybridized carbons (Fsp3) is 0.517. The van der Waals surface area contributed by atoms with Gasteiger partial charge in [-0.25, -0.2) is 0 Å². The molecule has 0 unspecified atom stereocenters. The van der Waals surface area contributed by atoms with Gasteiger partial charge in [0, 0.05) is 25.2 Å². The van der Waals surface area contributed by atoms with Crippen LogP contribution in [0.5, 0.6) is 11.5 Å². The van der Waals surface area contributed by atoms with Crippen LogP contribution in [0.1, 0.15) is 68.1 Å². The van der Waals surface area contributed by atoms with E-state index >= 15 is 0 Å². The Morgan fingerprint density at radius 3 is 2.44 bits per heavy atom. The number of amides is 2. The van der Waals surface area contributed by atoms with Crippen LogP contribution in [-0.4, -0.2) is 60.5 Å². The lowest BCUT2D eigenvalue weighted by Gasteiger charge is -2.40. The minimum absolute atomic E-state index is 0.0165. The summed E-state index contributed by atoms with van der Waals surface area (Å²) >= 11 is 5.98. The maximum Gasteiger partial charge on any atom is 0.260 e.